The summed E-state index contributed by atoms with van der Waals surface area (Å²) in [5.41, 5.74) is 2.76. The minimum atomic E-state index is -0.929. The number of carboxylic acid groups (broad SMARTS) is 1. The molecule has 2 aromatic rings. The Morgan fingerprint density at radius 3 is 2.09 bits per heavy atom. The Morgan fingerprint density at radius 1 is 0.912 bits per heavy atom. The van der Waals surface area contributed by atoms with Crippen molar-refractivity contribution in [3.63, 3.8) is 0 Å². The summed E-state index contributed by atoms with van der Waals surface area (Å²) in [5, 5.41) is 10.2. The summed E-state index contributed by atoms with van der Waals surface area (Å²) in [6.07, 6.45) is 1.33. The number of aromatic nitrogens is 1. The van der Waals surface area contributed by atoms with Crippen LogP contribution >= 0.6 is 0 Å². The summed E-state index contributed by atoms with van der Waals surface area (Å²) < 4.78 is 8.55. The van der Waals surface area contributed by atoms with Crippen LogP contribution in [0, 0.1) is 6.92 Å². The number of piperazine rings is 1. The van der Waals surface area contributed by atoms with Crippen molar-refractivity contribution in [1.29, 1.82) is 0 Å². The molecule has 2 saturated heterocycles. The van der Waals surface area contributed by atoms with Crippen LogP contribution in [0.15, 0.2) is 18.2 Å². The van der Waals surface area contributed by atoms with Crippen LogP contribution in [0.5, 0.6) is 5.75 Å². The maximum atomic E-state index is 13.4. The van der Waals surface area contributed by atoms with E-state index in [0.29, 0.717) is 37.9 Å². The van der Waals surface area contributed by atoms with Gasteiger partial charge in [0.1, 0.15) is 17.5 Å². The number of piperidine rings is 1. The Balaban J connectivity index is 1.56. The predicted molar refractivity (Wildman–Crippen MR) is 133 cm³/mol. The fourth-order valence-electron chi connectivity index (χ4n) is 5.16. The fourth-order valence-corrected chi connectivity index (χ4v) is 5.16. The first-order valence-corrected chi connectivity index (χ1v) is 12.5. The number of benzene rings is 1. The number of amides is 2. The molecule has 2 aliphatic rings. The van der Waals surface area contributed by atoms with Gasteiger partial charge in [0.25, 0.3) is 5.91 Å². The highest BCUT2D eigenvalue weighted by Crippen LogP contribution is 2.33. The standard InChI is InChI=1S/C26H38N4O4/c1-17(2)27-8-6-21(7-9-27)34-24-16-20-15-23(30(18(3)4)22(20)14-19(24)5)25(31)28-10-12-29(13-11-28)26(32)33/h14-18,21H,6-13H2,1-5H3,(H,32,33). The summed E-state index contributed by atoms with van der Waals surface area (Å²) in [7, 11) is 0. The molecule has 0 saturated carbocycles. The van der Waals surface area contributed by atoms with Gasteiger partial charge in [0.05, 0.1) is 0 Å². The predicted octanol–water partition coefficient (Wildman–Crippen LogP) is 4.22. The maximum Gasteiger partial charge on any atom is 0.407 e. The van der Waals surface area contributed by atoms with E-state index in [0.717, 1.165) is 48.1 Å². The summed E-state index contributed by atoms with van der Waals surface area (Å²) in [6, 6.07) is 6.86. The van der Waals surface area contributed by atoms with Crippen LogP contribution in [0.3, 0.4) is 0 Å². The van der Waals surface area contributed by atoms with Crippen LogP contribution in [-0.2, 0) is 0 Å². The molecule has 0 bridgehead atoms. The second-order valence-corrected chi connectivity index (χ2v) is 10.2. The first-order chi connectivity index (χ1) is 16.2. The van der Waals surface area contributed by atoms with E-state index in [-0.39, 0.29) is 18.1 Å². The first-order valence-electron chi connectivity index (χ1n) is 12.5. The molecule has 0 spiro atoms. The van der Waals surface area contributed by atoms with E-state index in [4.69, 9.17) is 4.74 Å². The largest absolute Gasteiger partial charge is 0.490 e. The molecular weight excluding hydrogens is 432 g/mol. The summed E-state index contributed by atoms with van der Waals surface area (Å²) in [5.74, 6) is 0.849. The molecule has 0 atom stereocenters. The lowest BCUT2D eigenvalue weighted by Crippen LogP contribution is -2.50. The molecule has 4 rings (SSSR count). The number of carbonyl (C=O) groups is 2. The van der Waals surface area contributed by atoms with Crippen LogP contribution in [-0.4, -0.2) is 87.8 Å². The zero-order valence-electron chi connectivity index (χ0n) is 21.1. The minimum Gasteiger partial charge on any atom is -0.490 e. The van der Waals surface area contributed by atoms with Gasteiger partial charge in [-0.05, 0) is 71.2 Å². The van der Waals surface area contributed by atoms with Crippen molar-refractivity contribution in [2.24, 2.45) is 0 Å². The molecule has 1 aromatic heterocycles. The molecule has 1 aromatic carbocycles. The third-order valence-electron chi connectivity index (χ3n) is 7.21. The smallest absolute Gasteiger partial charge is 0.407 e. The van der Waals surface area contributed by atoms with Gasteiger partial charge >= 0.3 is 6.09 Å². The quantitative estimate of drug-likeness (QED) is 0.708. The van der Waals surface area contributed by atoms with Crippen molar-refractivity contribution in [1.82, 2.24) is 19.3 Å². The summed E-state index contributed by atoms with van der Waals surface area (Å²) >= 11 is 0. The average molecular weight is 471 g/mol. The van der Waals surface area contributed by atoms with Crippen molar-refractivity contribution < 1.29 is 19.4 Å². The van der Waals surface area contributed by atoms with Crippen molar-refractivity contribution in [3.05, 3.63) is 29.5 Å². The molecule has 1 N–H and O–H groups in total. The Hall–Kier alpha value is -2.74. The number of aryl methyl sites for hydroxylation is 1. The normalized spacial score (nSPS) is 18.3. The first kappa shape index (κ1) is 24.4. The molecule has 0 unspecified atom stereocenters. The van der Waals surface area contributed by atoms with E-state index < -0.39 is 6.09 Å². The zero-order valence-corrected chi connectivity index (χ0v) is 21.1. The third-order valence-corrected chi connectivity index (χ3v) is 7.21. The Bertz CT molecular complexity index is 1040. The van der Waals surface area contributed by atoms with E-state index in [9.17, 15) is 14.7 Å². The van der Waals surface area contributed by atoms with Gasteiger partial charge in [0, 0.05) is 62.3 Å². The fraction of sp³-hybridized carbons (Fsp3) is 0.615. The molecule has 186 valence electrons. The Kier molecular flexibility index (Phi) is 7.07. The number of nitrogens with zero attached hydrogens (tertiary/aromatic N) is 4. The zero-order chi connectivity index (χ0) is 24.6. The molecular formula is C26H38N4O4. The summed E-state index contributed by atoms with van der Waals surface area (Å²) in [6.45, 7) is 14.3. The van der Waals surface area contributed by atoms with Gasteiger partial charge in [-0.15, -0.1) is 0 Å². The lowest BCUT2D eigenvalue weighted by molar-refractivity contribution is 0.0614. The van der Waals surface area contributed by atoms with Crippen LogP contribution < -0.4 is 4.74 Å². The van der Waals surface area contributed by atoms with Crippen LogP contribution in [0.4, 0.5) is 4.79 Å². The SMILES string of the molecule is Cc1cc2c(cc1OC1CCN(C(C)C)CC1)cc(C(=O)N1CCN(C(=O)O)CC1)n2C(C)C. The van der Waals surface area contributed by atoms with E-state index in [1.165, 1.54) is 4.90 Å². The Morgan fingerprint density at radius 2 is 1.53 bits per heavy atom. The molecule has 0 radical (unpaired) electrons. The number of carbonyl (C=O) groups excluding carboxylic acids is 1. The second kappa shape index (κ2) is 9.86. The van der Waals surface area contributed by atoms with Gasteiger partial charge < -0.3 is 29.1 Å². The van der Waals surface area contributed by atoms with Gasteiger partial charge in [-0.2, -0.15) is 0 Å². The third kappa shape index (κ3) is 4.87. The minimum absolute atomic E-state index is 0.0453. The monoisotopic (exact) mass is 470 g/mol. The molecule has 2 aliphatic heterocycles. The van der Waals surface area contributed by atoms with Crippen LogP contribution in [0.2, 0.25) is 0 Å². The highest BCUT2D eigenvalue weighted by molar-refractivity contribution is 5.99. The van der Waals surface area contributed by atoms with Gasteiger partial charge in [0.2, 0.25) is 0 Å². The second-order valence-electron chi connectivity index (χ2n) is 10.2. The average Bonchev–Trinajstić information content (AvgIpc) is 3.17. The highest BCUT2D eigenvalue weighted by atomic mass is 16.5. The molecule has 2 fully saturated rings. The number of ether oxygens (including phenoxy) is 1. The molecule has 8 nitrogen and oxygen atoms in total. The molecule has 34 heavy (non-hydrogen) atoms. The maximum absolute atomic E-state index is 13.4. The van der Waals surface area contributed by atoms with E-state index >= 15 is 0 Å². The van der Waals surface area contributed by atoms with Gasteiger partial charge in [-0.3, -0.25) is 4.79 Å². The van der Waals surface area contributed by atoms with Crippen molar-refractivity contribution in [3.8, 4) is 5.75 Å². The van der Waals surface area contributed by atoms with Crippen LogP contribution in [0.1, 0.15) is 62.6 Å². The molecule has 3 heterocycles. The van der Waals surface area contributed by atoms with Crippen molar-refractivity contribution in [2.45, 2.75) is 65.6 Å². The molecule has 2 amide bonds. The number of likely N-dealkylation sites (tertiary alicyclic amines) is 1. The van der Waals surface area contributed by atoms with Gasteiger partial charge in [0.15, 0.2) is 0 Å². The number of hydrogen-bond donors (Lipinski definition) is 1. The molecule has 8 heteroatoms. The number of rotatable bonds is 5. The lowest BCUT2D eigenvalue weighted by Gasteiger charge is -2.34. The van der Waals surface area contributed by atoms with Gasteiger partial charge in [-0.25, -0.2) is 4.79 Å². The highest BCUT2D eigenvalue weighted by Gasteiger charge is 2.28. The van der Waals surface area contributed by atoms with E-state index in [2.05, 4.69) is 56.2 Å². The van der Waals surface area contributed by atoms with E-state index in [1.807, 2.05) is 6.07 Å². The van der Waals surface area contributed by atoms with Crippen molar-refractivity contribution >= 4 is 22.9 Å². The van der Waals surface area contributed by atoms with E-state index in [1.54, 1.807) is 4.90 Å². The van der Waals surface area contributed by atoms with Crippen LogP contribution in [0.25, 0.3) is 10.9 Å². The lowest BCUT2D eigenvalue weighted by atomic mass is 10.1. The number of hydrogen-bond acceptors (Lipinski definition) is 4. The number of fused-ring (bicyclic) bond motifs is 1. The summed E-state index contributed by atoms with van der Waals surface area (Å²) in [4.78, 5) is 30.3. The topological polar surface area (TPSA) is 78.2 Å². The Labute approximate surface area is 202 Å². The van der Waals surface area contributed by atoms with Gasteiger partial charge in [-0.1, -0.05) is 0 Å². The molecule has 0 aliphatic carbocycles. The van der Waals surface area contributed by atoms with Crippen molar-refractivity contribution in [2.75, 3.05) is 39.3 Å².